The summed E-state index contributed by atoms with van der Waals surface area (Å²) in [7, 11) is 0. The lowest BCUT2D eigenvalue weighted by Gasteiger charge is -2.17. The van der Waals surface area contributed by atoms with Gasteiger partial charge in [0.05, 0.1) is 28.9 Å². The van der Waals surface area contributed by atoms with Crippen LogP contribution in [0.3, 0.4) is 0 Å². The minimum absolute atomic E-state index is 0.0539. The van der Waals surface area contributed by atoms with Gasteiger partial charge in [0.1, 0.15) is 6.54 Å². The van der Waals surface area contributed by atoms with Gasteiger partial charge >= 0.3 is 6.18 Å². The smallest absolute Gasteiger partial charge is 0.398 e. The van der Waals surface area contributed by atoms with Crippen LogP contribution in [-0.4, -0.2) is 35.5 Å². The summed E-state index contributed by atoms with van der Waals surface area (Å²) in [5.41, 5.74) is 19.5. The molecule has 0 bridgehead atoms. The van der Waals surface area contributed by atoms with E-state index in [0.29, 0.717) is 22.3 Å². The second-order valence-electron chi connectivity index (χ2n) is 7.10. The zero-order valence-corrected chi connectivity index (χ0v) is 18.0. The lowest BCUT2D eigenvalue weighted by molar-refractivity contribution is -0.115. The Balaban J connectivity index is 2.77. The Morgan fingerprint density at radius 1 is 1.30 bits per heavy atom. The van der Waals surface area contributed by atoms with Crippen molar-refractivity contribution in [3.63, 3.8) is 0 Å². The van der Waals surface area contributed by atoms with E-state index < -0.39 is 18.6 Å². The van der Waals surface area contributed by atoms with Crippen molar-refractivity contribution >= 4 is 34.9 Å². The molecule has 0 atom stereocenters. The maximum atomic E-state index is 12.7. The lowest BCUT2D eigenvalue weighted by atomic mass is 9.95. The number of carbonyl (C=O) groups is 1. The molecule has 0 unspecified atom stereocenters. The molecule has 0 aliphatic carbocycles. The highest BCUT2D eigenvalue weighted by Gasteiger charge is 2.27. The summed E-state index contributed by atoms with van der Waals surface area (Å²) >= 11 is 0. The third-order valence-corrected chi connectivity index (χ3v) is 4.72. The summed E-state index contributed by atoms with van der Waals surface area (Å²) in [6, 6.07) is 4.78. The zero-order valence-electron chi connectivity index (χ0n) is 18.0. The van der Waals surface area contributed by atoms with Gasteiger partial charge < -0.3 is 27.9 Å². The van der Waals surface area contributed by atoms with Gasteiger partial charge in [-0.05, 0) is 31.5 Å². The number of nitrogens with one attached hydrogen (secondary N) is 2. The highest BCUT2D eigenvalue weighted by molar-refractivity contribution is 6.08. The minimum Gasteiger partial charge on any atom is -0.398 e. The van der Waals surface area contributed by atoms with Gasteiger partial charge in [0, 0.05) is 40.5 Å². The second kappa shape index (κ2) is 9.98. The van der Waals surface area contributed by atoms with E-state index in [4.69, 9.17) is 22.6 Å². The maximum absolute atomic E-state index is 12.7. The number of nitrogen functional groups attached to an aromatic ring is 1. The summed E-state index contributed by atoms with van der Waals surface area (Å²) in [6.45, 7) is 5.62. The summed E-state index contributed by atoms with van der Waals surface area (Å²) in [6.07, 6.45) is -0.781. The number of aryl methyl sites for hydroxylation is 1. The molecule has 0 aliphatic heterocycles. The molecular formula is C22H24F3N7O. The van der Waals surface area contributed by atoms with Crippen molar-refractivity contribution in [3.8, 4) is 0 Å². The number of amides is 1. The fraction of sp³-hybridized carbons (Fsp3) is 0.182. The second-order valence-corrected chi connectivity index (χ2v) is 7.10. The monoisotopic (exact) mass is 459 g/mol. The quantitative estimate of drug-likeness (QED) is 0.177. The fourth-order valence-corrected chi connectivity index (χ4v) is 3.02. The number of alkyl halides is 3. The molecule has 0 aliphatic rings. The number of anilines is 2. The number of aliphatic imine (C=N–C) groups is 1. The van der Waals surface area contributed by atoms with E-state index in [1.54, 1.807) is 26.0 Å². The molecule has 33 heavy (non-hydrogen) atoms. The summed E-state index contributed by atoms with van der Waals surface area (Å²) in [4.78, 5) is 20.1. The minimum atomic E-state index is -4.44. The van der Waals surface area contributed by atoms with Gasteiger partial charge in [0.2, 0.25) is 5.91 Å². The predicted molar refractivity (Wildman–Crippen MR) is 124 cm³/mol. The highest BCUT2D eigenvalue weighted by atomic mass is 19.4. The Hall–Kier alpha value is -4.15. The molecule has 8 N–H and O–H groups in total. The molecule has 1 amide bonds. The first kappa shape index (κ1) is 25.1. The van der Waals surface area contributed by atoms with Gasteiger partial charge in [-0.15, -0.1) is 0 Å². The van der Waals surface area contributed by atoms with Crippen molar-refractivity contribution in [1.82, 2.24) is 4.98 Å². The van der Waals surface area contributed by atoms with Crippen LogP contribution in [0.25, 0.3) is 5.70 Å². The van der Waals surface area contributed by atoms with Gasteiger partial charge in [-0.25, -0.2) is 0 Å². The van der Waals surface area contributed by atoms with Crippen molar-refractivity contribution in [1.29, 1.82) is 5.41 Å². The first-order valence-electron chi connectivity index (χ1n) is 9.56. The molecule has 2 aromatic rings. The Kier molecular flexibility index (Phi) is 7.60. The van der Waals surface area contributed by atoms with Crippen molar-refractivity contribution in [3.05, 3.63) is 70.7 Å². The van der Waals surface area contributed by atoms with E-state index in [-0.39, 0.29) is 34.1 Å². The van der Waals surface area contributed by atoms with E-state index in [9.17, 15) is 18.0 Å². The summed E-state index contributed by atoms with van der Waals surface area (Å²) in [5, 5.41) is 10.1. The SMILES string of the molecule is C=C(C(N)=O)/C(N)=C(\N=C(C)c1ccncc1NCC(F)(F)F)c1c(C)ccc(N)c1C=N. The van der Waals surface area contributed by atoms with Crippen LogP contribution < -0.4 is 22.5 Å². The van der Waals surface area contributed by atoms with E-state index in [2.05, 4.69) is 21.9 Å². The number of nitrogens with two attached hydrogens (primary N) is 3. The standard InChI is InChI=1S/C22H24F3N7O/c1-11-4-5-16(27)15(8-26)18(11)20(19(28)12(2)21(29)33)32-13(3)14-6-7-30-9-17(14)31-10-22(23,24)25/h4-9,26,31H,2,10,27-28H2,1,3H3,(H2,29,33)/b20-19+,26-8?,32-13?. The number of halogens is 3. The molecule has 2 rings (SSSR count). The average molecular weight is 459 g/mol. The molecule has 0 saturated heterocycles. The van der Waals surface area contributed by atoms with E-state index in [1.807, 2.05) is 0 Å². The van der Waals surface area contributed by atoms with Crippen molar-refractivity contribution < 1.29 is 18.0 Å². The van der Waals surface area contributed by atoms with E-state index >= 15 is 0 Å². The number of nitrogens with zero attached hydrogens (tertiary/aromatic N) is 2. The lowest BCUT2D eigenvalue weighted by Crippen LogP contribution is -2.22. The van der Waals surface area contributed by atoms with Crippen LogP contribution in [0.5, 0.6) is 0 Å². The van der Waals surface area contributed by atoms with Gasteiger partial charge in [0.15, 0.2) is 0 Å². The van der Waals surface area contributed by atoms with Crippen LogP contribution in [0.4, 0.5) is 24.5 Å². The van der Waals surface area contributed by atoms with Crippen LogP contribution in [0.2, 0.25) is 0 Å². The predicted octanol–water partition coefficient (Wildman–Crippen LogP) is 3.12. The molecule has 0 fully saturated rings. The van der Waals surface area contributed by atoms with Crippen LogP contribution >= 0.6 is 0 Å². The first-order chi connectivity index (χ1) is 15.4. The number of benzene rings is 1. The molecule has 0 radical (unpaired) electrons. The number of carbonyl (C=O) groups excluding carboxylic acids is 1. The summed E-state index contributed by atoms with van der Waals surface area (Å²) in [5.74, 6) is -0.882. The number of aromatic nitrogens is 1. The van der Waals surface area contributed by atoms with Crippen LogP contribution in [0, 0.1) is 12.3 Å². The van der Waals surface area contributed by atoms with Crippen molar-refractivity contribution in [2.75, 3.05) is 17.6 Å². The van der Waals surface area contributed by atoms with Gasteiger partial charge in [-0.2, -0.15) is 13.2 Å². The normalized spacial score (nSPS) is 12.7. The van der Waals surface area contributed by atoms with Crippen LogP contribution in [-0.2, 0) is 4.79 Å². The topological polar surface area (TPSA) is 156 Å². The zero-order chi connectivity index (χ0) is 24.9. The molecular weight excluding hydrogens is 435 g/mol. The Morgan fingerprint density at radius 3 is 2.55 bits per heavy atom. The number of hydrogen-bond donors (Lipinski definition) is 5. The van der Waals surface area contributed by atoms with E-state index in [0.717, 1.165) is 6.21 Å². The molecule has 1 heterocycles. The molecule has 8 nitrogen and oxygen atoms in total. The fourth-order valence-electron chi connectivity index (χ4n) is 3.02. The maximum Gasteiger partial charge on any atom is 0.405 e. The largest absolute Gasteiger partial charge is 0.405 e. The molecule has 11 heteroatoms. The summed E-state index contributed by atoms with van der Waals surface area (Å²) < 4.78 is 38.2. The van der Waals surface area contributed by atoms with Gasteiger partial charge in [-0.1, -0.05) is 12.6 Å². The van der Waals surface area contributed by atoms with Crippen molar-refractivity contribution in [2.24, 2.45) is 16.5 Å². The Bertz CT molecular complexity index is 1170. The number of rotatable bonds is 8. The first-order valence-corrected chi connectivity index (χ1v) is 9.56. The average Bonchev–Trinajstić information content (AvgIpc) is 2.76. The van der Waals surface area contributed by atoms with Gasteiger partial charge in [0.25, 0.3) is 0 Å². The van der Waals surface area contributed by atoms with Crippen LogP contribution in [0.1, 0.15) is 29.2 Å². The number of hydrogen-bond acceptors (Lipinski definition) is 7. The van der Waals surface area contributed by atoms with Crippen molar-refractivity contribution in [2.45, 2.75) is 20.0 Å². The third kappa shape index (κ3) is 5.97. The Morgan fingerprint density at radius 2 is 1.97 bits per heavy atom. The third-order valence-electron chi connectivity index (χ3n) is 4.72. The highest BCUT2D eigenvalue weighted by Crippen LogP contribution is 2.31. The molecule has 174 valence electrons. The molecule has 1 aromatic carbocycles. The molecule has 1 aromatic heterocycles. The van der Waals surface area contributed by atoms with Crippen LogP contribution in [0.15, 0.2) is 53.4 Å². The van der Waals surface area contributed by atoms with E-state index in [1.165, 1.54) is 18.5 Å². The Labute approximate surface area is 188 Å². The number of pyridine rings is 1. The molecule has 0 saturated carbocycles. The van der Waals surface area contributed by atoms with Gasteiger partial charge in [-0.3, -0.25) is 14.8 Å². The molecule has 0 spiro atoms. The number of primary amides is 1.